The molecule has 0 bridgehead atoms. The van der Waals surface area contributed by atoms with Gasteiger partial charge in [0.25, 0.3) is 6.43 Å². The van der Waals surface area contributed by atoms with Crippen LogP contribution in [0.3, 0.4) is 0 Å². The maximum atomic E-state index is 14.0. The Morgan fingerprint density at radius 1 is 1.32 bits per heavy atom. The molecule has 7 heteroatoms. The summed E-state index contributed by atoms with van der Waals surface area (Å²) in [6, 6.07) is 3.87. The highest BCUT2D eigenvalue weighted by atomic mass is 19.3. The first kappa shape index (κ1) is 15.8. The Morgan fingerprint density at radius 3 is 2.50 bits per heavy atom. The second-order valence-corrected chi connectivity index (χ2v) is 4.83. The van der Waals surface area contributed by atoms with Gasteiger partial charge in [0.15, 0.2) is 5.69 Å². The lowest BCUT2D eigenvalue weighted by atomic mass is 9.99. The summed E-state index contributed by atoms with van der Waals surface area (Å²) in [5.74, 6) is -2.37. The molecule has 0 aliphatic rings. The van der Waals surface area contributed by atoms with Gasteiger partial charge in [-0.25, -0.2) is 22.9 Å². The van der Waals surface area contributed by atoms with E-state index < -0.39 is 23.8 Å². The second kappa shape index (κ2) is 5.67. The fraction of sp³-hybridized carbons (Fsp3) is 0.200. The van der Waals surface area contributed by atoms with E-state index in [1.807, 2.05) is 0 Å². The fourth-order valence-corrected chi connectivity index (χ4v) is 2.11. The molecule has 0 unspecified atom stereocenters. The van der Waals surface area contributed by atoms with Crippen molar-refractivity contribution in [3.8, 4) is 11.3 Å². The average Bonchev–Trinajstić information content (AvgIpc) is 2.43. The number of aromatic carboxylic acids is 1. The Labute approximate surface area is 124 Å². The van der Waals surface area contributed by atoms with Gasteiger partial charge in [0.2, 0.25) is 0 Å². The van der Waals surface area contributed by atoms with E-state index in [1.165, 1.54) is 32.0 Å². The van der Waals surface area contributed by atoms with Crippen LogP contribution in [0.4, 0.5) is 18.9 Å². The Morgan fingerprint density at radius 2 is 1.95 bits per heavy atom. The Kier molecular flexibility index (Phi) is 4.07. The maximum Gasteiger partial charge on any atom is 0.354 e. The van der Waals surface area contributed by atoms with Crippen LogP contribution in [0.1, 0.15) is 33.6 Å². The number of hydrogen-bond donors (Lipinski definition) is 2. The number of anilines is 1. The van der Waals surface area contributed by atoms with E-state index in [0.717, 1.165) is 0 Å². The number of nitrogens with zero attached hydrogens (tertiary/aromatic N) is 1. The van der Waals surface area contributed by atoms with Gasteiger partial charge in [-0.15, -0.1) is 0 Å². The van der Waals surface area contributed by atoms with Gasteiger partial charge in [-0.05, 0) is 25.5 Å². The van der Waals surface area contributed by atoms with Crippen LogP contribution in [0.5, 0.6) is 0 Å². The van der Waals surface area contributed by atoms with Gasteiger partial charge in [-0.1, -0.05) is 12.1 Å². The van der Waals surface area contributed by atoms with Crippen LogP contribution in [-0.4, -0.2) is 16.1 Å². The smallest absolute Gasteiger partial charge is 0.354 e. The van der Waals surface area contributed by atoms with Crippen LogP contribution >= 0.6 is 0 Å². The largest absolute Gasteiger partial charge is 0.477 e. The minimum absolute atomic E-state index is 0.0672. The fourth-order valence-electron chi connectivity index (χ4n) is 2.11. The predicted octanol–water partition coefficient (Wildman–Crippen LogP) is 3.72. The van der Waals surface area contributed by atoms with Crippen molar-refractivity contribution in [2.24, 2.45) is 0 Å². The monoisotopic (exact) mass is 310 g/mol. The van der Waals surface area contributed by atoms with Crippen molar-refractivity contribution in [3.05, 3.63) is 46.4 Å². The third kappa shape index (κ3) is 2.61. The van der Waals surface area contributed by atoms with E-state index >= 15 is 0 Å². The van der Waals surface area contributed by atoms with E-state index in [-0.39, 0.29) is 33.8 Å². The molecule has 1 aromatic heterocycles. The third-order valence-corrected chi connectivity index (χ3v) is 3.38. The van der Waals surface area contributed by atoms with Gasteiger partial charge in [0, 0.05) is 16.8 Å². The van der Waals surface area contributed by atoms with Crippen molar-refractivity contribution in [1.29, 1.82) is 0 Å². The highest BCUT2D eigenvalue weighted by molar-refractivity contribution is 5.90. The summed E-state index contributed by atoms with van der Waals surface area (Å²) in [4.78, 5) is 15.0. The summed E-state index contributed by atoms with van der Waals surface area (Å²) in [6.07, 6.45) is -3.06. The first-order chi connectivity index (χ1) is 10.2. The molecule has 4 nitrogen and oxygen atoms in total. The van der Waals surface area contributed by atoms with Crippen molar-refractivity contribution in [2.75, 3.05) is 5.73 Å². The number of carbonyl (C=O) groups is 1. The Bertz CT molecular complexity index is 761. The third-order valence-electron chi connectivity index (χ3n) is 3.38. The van der Waals surface area contributed by atoms with E-state index in [0.29, 0.717) is 0 Å². The van der Waals surface area contributed by atoms with Crippen LogP contribution in [-0.2, 0) is 0 Å². The molecule has 0 spiro atoms. The number of nitrogens with two attached hydrogens (primary N) is 1. The van der Waals surface area contributed by atoms with Crippen molar-refractivity contribution in [3.63, 3.8) is 0 Å². The first-order valence-corrected chi connectivity index (χ1v) is 6.32. The molecule has 0 aliphatic carbocycles. The zero-order valence-electron chi connectivity index (χ0n) is 11.8. The van der Waals surface area contributed by atoms with Crippen LogP contribution in [0.15, 0.2) is 18.2 Å². The van der Waals surface area contributed by atoms with Crippen LogP contribution in [0.2, 0.25) is 0 Å². The topological polar surface area (TPSA) is 76.2 Å². The molecule has 116 valence electrons. The minimum atomic E-state index is -3.06. The lowest BCUT2D eigenvalue weighted by Gasteiger charge is -2.13. The molecule has 0 fully saturated rings. The first-order valence-electron chi connectivity index (χ1n) is 6.32. The number of carboxylic acids is 1. The summed E-state index contributed by atoms with van der Waals surface area (Å²) in [5.41, 5.74) is 4.64. The van der Waals surface area contributed by atoms with E-state index in [2.05, 4.69) is 4.98 Å². The SMILES string of the molecule is Cc1ccc(-c2cc(N)c(C)c(C(=O)O)n2)c(C(F)F)c1F. The molecule has 0 atom stereocenters. The summed E-state index contributed by atoms with van der Waals surface area (Å²) >= 11 is 0. The maximum absolute atomic E-state index is 14.0. The number of pyridine rings is 1. The number of benzene rings is 1. The standard InChI is InChI=1S/C15H13F3N2O2/c1-6-3-4-8(11(12(6)16)14(17)18)10-5-9(19)7(2)13(20-10)15(21)22/h3-5,14H,1-2H3,(H2,19,20)(H,21,22). The number of carboxylic acid groups (broad SMARTS) is 1. The molecular weight excluding hydrogens is 297 g/mol. The van der Waals surface area contributed by atoms with Gasteiger partial charge < -0.3 is 10.8 Å². The normalized spacial score (nSPS) is 11.0. The molecule has 2 rings (SSSR count). The molecule has 2 aromatic rings. The number of alkyl halides is 2. The van der Waals surface area contributed by atoms with Crippen LogP contribution < -0.4 is 5.73 Å². The summed E-state index contributed by atoms with van der Waals surface area (Å²) in [5, 5.41) is 9.10. The van der Waals surface area contributed by atoms with E-state index in [1.54, 1.807) is 0 Å². The van der Waals surface area contributed by atoms with Gasteiger partial charge in [0.05, 0.1) is 11.3 Å². The van der Waals surface area contributed by atoms with Gasteiger partial charge in [-0.2, -0.15) is 0 Å². The molecule has 1 aromatic carbocycles. The molecule has 0 radical (unpaired) electrons. The highest BCUT2D eigenvalue weighted by Gasteiger charge is 2.23. The lowest BCUT2D eigenvalue weighted by molar-refractivity contribution is 0.0690. The minimum Gasteiger partial charge on any atom is -0.477 e. The van der Waals surface area contributed by atoms with Gasteiger partial charge >= 0.3 is 5.97 Å². The number of aromatic nitrogens is 1. The van der Waals surface area contributed by atoms with Gasteiger partial charge in [0.1, 0.15) is 5.82 Å². The van der Waals surface area contributed by atoms with Crippen molar-refractivity contribution in [2.45, 2.75) is 20.3 Å². The number of rotatable bonds is 3. The molecule has 0 saturated carbocycles. The van der Waals surface area contributed by atoms with E-state index in [4.69, 9.17) is 10.8 Å². The number of nitrogen functional groups attached to an aromatic ring is 1. The average molecular weight is 310 g/mol. The lowest BCUT2D eigenvalue weighted by Crippen LogP contribution is -2.08. The number of aryl methyl sites for hydroxylation is 1. The molecule has 0 amide bonds. The zero-order chi connectivity index (χ0) is 16.6. The number of hydrogen-bond acceptors (Lipinski definition) is 3. The second-order valence-electron chi connectivity index (χ2n) is 4.83. The Hall–Kier alpha value is -2.57. The van der Waals surface area contributed by atoms with E-state index in [9.17, 15) is 18.0 Å². The summed E-state index contributed by atoms with van der Waals surface area (Å²) in [7, 11) is 0. The number of halogens is 3. The molecule has 22 heavy (non-hydrogen) atoms. The van der Waals surface area contributed by atoms with Gasteiger partial charge in [-0.3, -0.25) is 0 Å². The zero-order valence-corrected chi connectivity index (χ0v) is 11.8. The molecule has 0 saturated heterocycles. The Balaban J connectivity index is 2.78. The van der Waals surface area contributed by atoms with Crippen LogP contribution in [0.25, 0.3) is 11.3 Å². The highest BCUT2D eigenvalue weighted by Crippen LogP contribution is 2.35. The predicted molar refractivity (Wildman–Crippen MR) is 75.4 cm³/mol. The van der Waals surface area contributed by atoms with Crippen LogP contribution in [0, 0.1) is 19.7 Å². The summed E-state index contributed by atoms with van der Waals surface area (Å²) < 4.78 is 40.3. The van der Waals surface area contributed by atoms with Crippen molar-refractivity contribution >= 4 is 11.7 Å². The molecule has 3 N–H and O–H groups in total. The molecule has 1 heterocycles. The van der Waals surface area contributed by atoms with Crippen molar-refractivity contribution < 1.29 is 23.1 Å². The quantitative estimate of drug-likeness (QED) is 0.906. The molecular formula is C15H13F3N2O2. The van der Waals surface area contributed by atoms with Crippen molar-refractivity contribution in [1.82, 2.24) is 4.98 Å². The molecule has 0 aliphatic heterocycles. The summed E-state index contributed by atoms with van der Waals surface area (Å²) in [6.45, 7) is 2.82.